The van der Waals surface area contributed by atoms with Crippen LogP contribution in [0.1, 0.15) is 46.5 Å². The molecule has 0 aliphatic rings. The van der Waals surface area contributed by atoms with E-state index >= 15 is 0 Å². The van der Waals surface area contributed by atoms with E-state index in [1.54, 1.807) is 5.57 Å². The average Bonchev–Trinajstić information content (AvgIpc) is 2.11. The van der Waals surface area contributed by atoms with E-state index in [0.29, 0.717) is 5.92 Å². The molecule has 0 aromatic rings. The first kappa shape index (κ1) is 11.5. The Labute approximate surface area is 77.4 Å². The van der Waals surface area contributed by atoms with Crippen LogP contribution in [-0.4, -0.2) is 0 Å². The van der Waals surface area contributed by atoms with Gasteiger partial charge in [-0.05, 0) is 18.8 Å². The van der Waals surface area contributed by atoms with Gasteiger partial charge in [-0.15, -0.1) is 6.58 Å². The molecule has 0 fully saturated rings. The van der Waals surface area contributed by atoms with Crippen LogP contribution in [0.15, 0.2) is 24.3 Å². The van der Waals surface area contributed by atoms with Gasteiger partial charge >= 0.3 is 0 Å². The number of hydrogen-bond donors (Lipinski definition) is 0. The van der Waals surface area contributed by atoms with Crippen molar-refractivity contribution in [3.05, 3.63) is 24.3 Å². The van der Waals surface area contributed by atoms with Crippen LogP contribution in [0, 0.1) is 5.92 Å². The summed E-state index contributed by atoms with van der Waals surface area (Å²) < 4.78 is 0. The van der Waals surface area contributed by atoms with Crippen molar-refractivity contribution in [1.82, 2.24) is 0 Å². The Morgan fingerprint density at radius 2 is 2.00 bits per heavy atom. The third-order valence-electron chi connectivity index (χ3n) is 2.17. The van der Waals surface area contributed by atoms with E-state index in [1.165, 1.54) is 25.7 Å². The van der Waals surface area contributed by atoms with Crippen molar-refractivity contribution in [2.45, 2.75) is 46.5 Å². The van der Waals surface area contributed by atoms with Gasteiger partial charge in [0, 0.05) is 0 Å². The summed E-state index contributed by atoms with van der Waals surface area (Å²) in [5, 5.41) is 0. The van der Waals surface area contributed by atoms with Crippen LogP contribution in [0.4, 0.5) is 0 Å². The number of allylic oxidation sites excluding steroid dienone is 3. The SMILES string of the molecule is C=CC(C)/C(=C\CCC)CCC. The molecular formula is C12H22. The molecule has 0 N–H and O–H groups in total. The number of unbranched alkanes of at least 4 members (excludes halogenated alkanes) is 1. The van der Waals surface area contributed by atoms with Gasteiger partial charge in [-0.1, -0.05) is 51.3 Å². The molecule has 0 spiro atoms. The molecule has 0 saturated carbocycles. The van der Waals surface area contributed by atoms with E-state index in [1.807, 2.05) is 6.08 Å². The van der Waals surface area contributed by atoms with Crippen LogP contribution in [0.25, 0.3) is 0 Å². The Balaban J connectivity index is 4.09. The molecule has 0 aromatic heterocycles. The highest BCUT2D eigenvalue weighted by atomic mass is 14.1. The third kappa shape index (κ3) is 4.38. The van der Waals surface area contributed by atoms with Crippen LogP contribution in [0.5, 0.6) is 0 Å². The molecule has 12 heavy (non-hydrogen) atoms. The zero-order valence-corrected chi connectivity index (χ0v) is 8.77. The predicted octanol–water partition coefficient (Wildman–Crippen LogP) is 4.34. The minimum absolute atomic E-state index is 0.566. The van der Waals surface area contributed by atoms with Gasteiger partial charge in [-0.25, -0.2) is 0 Å². The Kier molecular flexibility index (Phi) is 6.84. The van der Waals surface area contributed by atoms with E-state index in [9.17, 15) is 0 Å². The molecule has 0 bridgehead atoms. The molecule has 0 aliphatic carbocycles. The smallest absolute Gasteiger partial charge is 0.00543 e. The van der Waals surface area contributed by atoms with Crippen molar-refractivity contribution in [2.75, 3.05) is 0 Å². The molecule has 0 heterocycles. The fourth-order valence-corrected chi connectivity index (χ4v) is 1.29. The van der Waals surface area contributed by atoms with E-state index in [4.69, 9.17) is 0 Å². The molecule has 0 rings (SSSR count). The summed E-state index contributed by atoms with van der Waals surface area (Å²) in [7, 11) is 0. The summed E-state index contributed by atoms with van der Waals surface area (Å²) in [6, 6.07) is 0. The fourth-order valence-electron chi connectivity index (χ4n) is 1.29. The first-order valence-electron chi connectivity index (χ1n) is 5.07. The molecule has 0 aliphatic heterocycles. The Bertz CT molecular complexity index is 142. The van der Waals surface area contributed by atoms with Gasteiger partial charge in [0.25, 0.3) is 0 Å². The van der Waals surface area contributed by atoms with Crippen LogP contribution >= 0.6 is 0 Å². The summed E-state index contributed by atoms with van der Waals surface area (Å²) in [5.41, 5.74) is 1.56. The summed E-state index contributed by atoms with van der Waals surface area (Å²) >= 11 is 0. The average molecular weight is 166 g/mol. The topological polar surface area (TPSA) is 0 Å². The zero-order valence-electron chi connectivity index (χ0n) is 8.77. The van der Waals surface area contributed by atoms with Gasteiger partial charge < -0.3 is 0 Å². The second-order valence-electron chi connectivity index (χ2n) is 3.34. The van der Waals surface area contributed by atoms with Crippen LogP contribution < -0.4 is 0 Å². The molecule has 0 nitrogen and oxygen atoms in total. The van der Waals surface area contributed by atoms with Crippen molar-refractivity contribution in [3.8, 4) is 0 Å². The molecule has 0 saturated heterocycles. The lowest BCUT2D eigenvalue weighted by Crippen LogP contribution is -1.95. The minimum atomic E-state index is 0.566. The first-order valence-corrected chi connectivity index (χ1v) is 5.07. The predicted molar refractivity (Wildman–Crippen MR) is 57.3 cm³/mol. The third-order valence-corrected chi connectivity index (χ3v) is 2.17. The Morgan fingerprint density at radius 3 is 2.42 bits per heavy atom. The standard InChI is InChI=1S/C12H22/c1-5-8-10-12(9-6-2)11(4)7-3/h7,10-11H,3,5-6,8-9H2,1-2,4H3/b12-10-. The van der Waals surface area contributed by atoms with Gasteiger partial charge in [0.2, 0.25) is 0 Å². The van der Waals surface area contributed by atoms with E-state index < -0.39 is 0 Å². The van der Waals surface area contributed by atoms with Crippen molar-refractivity contribution in [2.24, 2.45) is 5.92 Å². The molecule has 1 atom stereocenters. The van der Waals surface area contributed by atoms with Crippen molar-refractivity contribution < 1.29 is 0 Å². The molecule has 1 unspecified atom stereocenters. The largest absolute Gasteiger partial charge is 0.102 e. The summed E-state index contributed by atoms with van der Waals surface area (Å²) in [6.45, 7) is 10.5. The Hall–Kier alpha value is -0.520. The summed E-state index contributed by atoms with van der Waals surface area (Å²) in [4.78, 5) is 0. The second kappa shape index (κ2) is 7.15. The van der Waals surface area contributed by atoms with Crippen molar-refractivity contribution in [3.63, 3.8) is 0 Å². The molecule has 70 valence electrons. The van der Waals surface area contributed by atoms with Gasteiger partial charge in [0.15, 0.2) is 0 Å². The second-order valence-corrected chi connectivity index (χ2v) is 3.34. The van der Waals surface area contributed by atoms with Crippen LogP contribution in [0.3, 0.4) is 0 Å². The maximum Gasteiger partial charge on any atom is -0.00543 e. The van der Waals surface area contributed by atoms with Gasteiger partial charge in [0.05, 0.1) is 0 Å². The van der Waals surface area contributed by atoms with E-state index in [2.05, 4.69) is 33.4 Å². The lowest BCUT2D eigenvalue weighted by molar-refractivity contribution is 0.748. The molecular weight excluding hydrogens is 144 g/mol. The monoisotopic (exact) mass is 166 g/mol. The molecule has 0 radical (unpaired) electrons. The Morgan fingerprint density at radius 1 is 1.33 bits per heavy atom. The van der Waals surface area contributed by atoms with Crippen LogP contribution in [-0.2, 0) is 0 Å². The van der Waals surface area contributed by atoms with Gasteiger partial charge in [0.1, 0.15) is 0 Å². The van der Waals surface area contributed by atoms with E-state index in [0.717, 1.165) is 0 Å². The summed E-state index contributed by atoms with van der Waals surface area (Å²) in [6.07, 6.45) is 9.36. The lowest BCUT2D eigenvalue weighted by atomic mass is 9.96. The quantitative estimate of drug-likeness (QED) is 0.515. The highest BCUT2D eigenvalue weighted by Gasteiger charge is 2.02. The van der Waals surface area contributed by atoms with Gasteiger partial charge in [-0.2, -0.15) is 0 Å². The maximum atomic E-state index is 3.83. The summed E-state index contributed by atoms with van der Waals surface area (Å²) in [5.74, 6) is 0.566. The number of rotatable bonds is 6. The van der Waals surface area contributed by atoms with E-state index in [-0.39, 0.29) is 0 Å². The molecule has 0 amide bonds. The molecule has 0 heteroatoms. The number of hydrogen-bond acceptors (Lipinski definition) is 0. The van der Waals surface area contributed by atoms with Crippen LogP contribution in [0.2, 0.25) is 0 Å². The van der Waals surface area contributed by atoms with Crippen molar-refractivity contribution in [1.29, 1.82) is 0 Å². The molecule has 0 aromatic carbocycles. The lowest BCUT2D eigenvalue weighted by Gasteiger charge is -2.10. The van der Waals surface area contributed by atoms with Gasteiger partial charge in [-0.3, -0.25) is 0 Å². The first-order chi connectivity index (χ1) is 5.76. The minimum Gasteiger partial charge on any atom is -0.102 e. The van der Waals surface area contributed by atoms with Crippen molar-refractivity contribution >= 4 is 0 Å². The highest BCUT2D eigenvalue weighted by molar-refractivity contribution is 5.10. The normalized spacial score (nSPS) is 14.4. The maximum absolute atomic E-state index is 3.83. The zero-order chi connectivity index (χ0) is 9.40. The highest BCUT2D eigenvalue weighted by Crippen LogP contribution is 2.18. The fraction of sp³-hybridized carbons (Fsp3) is 0.667.